The quantitative estimate of drug-likeness (QED) is 0.839. The second-order valence-corrected chi connectivity index (χ2v) is 7.17. The van der Waals surface area contributed by atoms with Gasteiger partial charge < -0.3 is 15.2 Å². The summed E-state index contributed by atoms with van der Waals surface area (Å²) >= 11 is 0. The highest BCUT2D eigenvalue weighted by Gasteiger charge is 2.33. The van der Waals surface area contributed by atoms with Crippen molar-refractivity contribution in [3.63, 3.8) is 0 Å². The van der Waals surface area contributed by atoms with E-state index in [1.165, 1.54) is 0 Å². The summed E-state index contributed by atoms with van der Waals surface area (Å²) in [5.74, 6) is 1.07. The second kappa shape index (κ2) is 6.34. The van der Waals surface area contributed by atoms with E-state index in [0.29, 0.717) is 34.9 Å². The van der Waals surface area contributed by atoms with E-state index >= 15 is 0 Å². The molecular formula is C17H25N3O3. The van der Waals surface area contributed by atoms with Gasteiger partial charge in [-0.1, -0.05) is 19.0 Å². The standard InChI is InChI=1S/C17H25N3O3/c1-9-4-7-13(8-10(9)2)18-16(21)17(22)19-14-11(3)20-23-15(14)12-5-6-12/h9-10,12-13H,4-8H2,1-3H3,(H,18,21)(H,19,22)/t9-,10-,13+/m0/s1. The molecule has 2 fully saturated rings. The fourth-order valence-electron chi connectivity index (χ4n) is 3.26. The Bertz CT molecular complexity index is 606. The summed E-state index contributed by atoms with van der Waals surface area (Å²) in [6.45, 7) is 6.21. The average molecular weight is 319 g/mol. The highest BCUT2D eigenvalue weighted by Crippen LogP contribution is 2.44. The zero-order valence-corrected chi connectivity index (χ0v) is 14.0. The van der Waals surface area contributed by atoms with E-state index in [-0.39, 0.29) is 6.04 Å². The molecule has 0 unspecified atom stereocenters. The molecule has 6 heteroatoms. The van der Waals surface area contributed by atoms with Crippen LogP contribution < -0.4 is 10.6 Å². The lowest BCUT2D eigenvalue weighted by Crippen LogP contribution is -2.44. The zero-order chi connectivity index (χ0) is 16.6. The summed E-state index contributed by atoms with van der Waals surface area (Å²) in [5.41, 5.74) is 1.19. The fraction of sp³-hybridized carbons (Fsp3) is 0.706. The van der Waals surface area contributed by atoms with Gasteiger partial charge in [0.15, 0.2) is 5.76 Å². The minimum atomic E-state index is -0.635. The Balaban J connectivity index is 1.58. The van der Waals surface area contributed by atoms with Crippen LogP contribution in [0.3, 0.4) is 0 Å². The number of rotatable bonds is 3. The molecule has 1 aromatic heterocycles. The van der Waals surface area contributed by atoms with Gasteiger partial charge in [-0.15, -0.1) is 0 Å². The van der Waals surface area contributed by atoms with Crippen molar-refractivity contribution < 1.29 is 14.1 Å². The molecule has 0 aromatic carbocycles. The Morgan fingerprint density at radius 2 is 1.83 bits per heavy atom. The second-order valence-electron chi connectivity index (χ2n) is 7.17. The Morgan fingerprint density at radius 3 is 2.48 bits per heavy atom. The fourth-order valence-corrected chi connectivity index (χ4v) is 3.26. The molecule has 0 saturated heterocycles. The topological polar surface area (TPSA) is 84.2 Å². The number of carbonyl (C=O) groups is 2. The van der Waals surface area contributed by atoms with E-state index < -0.39 is 11.8 Å². The van der Waals surface area contributed by atoms with Crippen molar-refractivity contribution in [2.75, 3.05) is 5.32 Å². The van der Waals surface area contributed by atoms with Gasteiger partial charge in [0.25, 0.3) is 0 Å². The van der Waals surface area contributed by atoms with E-state index in [9.17, 15) is 9.59 Å². The van der Waals surface area contributed by atoms with Gasteiger partial charge in [-0.3, -0.25) is 9.59 Å². The molecular weight excluding hydrogens is 294 g/mol. The lowest BCUT2D eigenvalue weighted by Gasteiger charge is -2.32. The normalized spacial score (nSPS) is 27.5. The first-order chi connectivity index (χ1) is 11.0. The monoisotopic (exact) mass is 319 g/mol. The molecule has 1 aromatic rings. The van der Waals surface area contributed by atoms with E-state index in [4.69, 9.17) is 4.52 Å². The highest BCUT2D eigenvalue weighted by atomic mass is 16.5. The van der Waals surface area contributed by atoms with Crippen molar-refractivity contribution in [2.24, 2.45) is 11.8 Å². The van der Waals surface area contributed by atoms with Crippen molar-refractivity contribution in [2.45, 2.75) is 64.8 Å². The van der Waals surface area contributed by atoms with E-state index in [1.54, 1.807) is 6.92 Å². The third-order valence-electron chi connectivity index (χ3n) is 5.22. The zero-order valence-electron chi connectivity index (χ0n) is 14.0. The van der Waals surface area contributed by atoms with Crippen molar-refractivity contribution in [1.29, 1.82) is 0 Å². The van der Waals surface area contributed by atoms with Crippen LogP contribution in [-0.2, 0) is 9.59 Å². The van der Waals surface area contributed by atoms with Crippen LogP contribution in [0.5, 0.6) is 0 Å². The van der Waals surface area contributed by atoms with Gasteiger partial charge in [-0.05, 0) is 50.9 Å². The minimum Gasteiger partial charge on any atom is -0.359 e. The van der Waals surface area contributed by atoms with Crippen LogP contribution in [0.1, 0.15) is 63.3 Å². The summed E-state index contributed by atoms with van der Waals surface area (Å²) in [6, 6.07) is 0.0888. The molecule has 0 aliphatic heterocycles. The molecule has 2 saturated carbocycles. The van der Waals surface area contributed by atoms with Crippen LogP contribution >= 0.6 is 0 Å². The van der Waals surface area contributed by atoms with Crippen molar-refractivity contribution in [1.82, 2.24) is 10.5 Å². The van der Waals surface area contributed by atoms with Crippen LogP contribution in [0, 0.1) is 18.8 Å². The number of hydrogen-bond acceptors (Lipinski definition) is 4. The number of nitrogens with zero attached hydrogens (tertiary/aromatic N) is 1. The number of aromatic nitrogens is 1. The highest BCUT2D eigenvalue weighted by molar-refractivity contribution is 6.39. The minimum absolute atomic E-state index is 0.0888. The van der Waals surface area contributed by atoms with Crippen LogP contribution in [0.15, 0.2) is 4.52 Å². The van der Waals surface area contributed by atoms with Crippen LogP contribution in [0.2, 0.25) is 0 Å². The summed E-state index contributed by atoms with van der Waals surface area (Å²) in [7, 11) is 0. The van der Waals surface area contributed by atoms with Crippen LogP contribution in [0.4, 0.5) is 5.69 Å². The number of aryl methyl sites for hydroxylation is 1. The smallest absolute Gasteiger partial charge is 0.313 e. The van der Waals surface area contributed by atoms with Gasteiger partial charge in [-0.2, -0.15) is 0 Å². The molecule has 0 spiro atoms. The third kappa shape index (κ3) is 3.57. The largest absolute Gasteiger partial charge is 0.359 e. The van der Waals surface area contributed by atoms with Crippen LogP contribution in [0.25, 0.3) is 0 Å². The number of hydrogen-bond donors (Lipinski definition) is 2. The van der Waals surface area contributed by atoms with Gasteiger partial charge in [-0.25, -0.2) is 0 Å². The number of anilines is 1. The summed E-state index contributed by atoms with van der Waals surface area (Å²) < 4.78 is 5.28. The molecule has 3 rings (SSSR count). The average Bonchev–Trinajstić information content (AvgIpc) is 3.29. The van der Waals surface area contributed by atoms with Gasteiger partial charge in [0, 0.05) is 12.0 Å². The molecule has 3 atom stereocenters. The van der Waals surface area contributed by atoms with E-state index in [2.05, 4.69) is 29.6 Å². The number of amides is 2. The predicted octanol–water partition coefficient (Wildman–Crippen LogP) is 2.74. The number of carbonyl (C=O) groups excluding carboxylic acids is 2. The molecule has 126 valence electrons. The van der Waals surface area contributed by atoms with Crippen LogP contribution in [-0.4, -0.2) is 23.0 Å². The van der Waals surface area contributed by atoms with Crippen molar-refractivity contribution in [3.8, 4) is 0 Å². The molecule has 2 N–H and O–H groups in total. The summed E-state index contributed by atoms with van der Waals surface area (Å²) in [4.78, 5) is 24.3. The molecule has 6 nitrogen and oxygen atoms in total. The Hall–Kier alpha value is -1.85. The molecule has 2 aliphatic carbocycles. The lowest BCUT2D eigenvalue weighted by molar-refractivity contribution is -0.136. The molecule has 1 heterocycles. The molecule has 0 bridgehead atoms. The van der Waals surface area contributed by atoms with E-state index in [1.807, 2.05) is 0 Å². The van der Waals surface area contributed by atoms with Crippen molar-refractivity contribution >= 4 is 17.5 Å². The Kier molecular flexibility index (Phi) is 4.41. The first-order valence-corrected chi connectivity index (χ1v) is 8.53. The van der Waals surface area contributed by atoms with E-state index in [0.717, 1.165) is 32.1 Å². The Labute approximate surface area is 136 Å². The lowest BCUT2D eigenvalue weighted by atomic mass is 9.79. The van der Waals surface area contributed by atoms with Crippen molar-refractivity contribution in [3.05, 3.63) is 11.5 Å². The summed E-state index contributed by atoms with van der Waals surface area (Å²) in [6.07, 6.45) is 5.04. The number of nitrogens with one attached hydrogen (secondary N) is 2. The molecule has 2 amide bonds. The first-order valence-electron chi connectivity index (χ1n) is 8.53. The third-order valence-corrected chi connectivity index (χ3v) is 5.22. The van der Waals surface area contributed by atoms with Gasteiger partial charge in [0.2, 0.25) is 0 Å². The van der Waals surface area contributed by atoms with Gasteiger partial charge >= 0.3 is 11.8 Å². The van der Waals surface area contributed by atoms with Gasteiger partial charge in [0.05, 0.1) is 0 Å². The molecule has 23 heavy (non-hydrogen) atoms. The van der Waals surface area contributed by atoms with Gasteiger partial charge in [0.1, 0.15) is 11.4 Å². The SMILES string of the molecule is Cc1noc(C2CC2)c1NC(=O)C(=O)N[C@@H]1CC[C@H](C)[C@@H](C)C1. The maximum atomic E-state index is 12.2. The summed E-state index contributed by atoms with van der Waals surface area (Å²) in [5, 5.41) is 9.45. The molecule has 0 radical (unpaired) electrons. The first kappa shape index (κ1) is 16.0. The maximum Gasteiger partial charge on any atom is 0.313 e. The molecule has 2 aliphatic rings. The predicted molar refractivity (Wildman–Crippen MR) is 86.0 cm³/mol. The Morgan fingerprint density at radius 1 is 1.09 bits per heavy atom. The maximum absolute atomic E-state index is 12.2.